The smallest absolute Gasteiger partial charge is 0.265 e. The average Bonchev–Trinajstić information content (AvgIpc) is 2.50. The number of anilines is 1. The summed E-state index contributed by atoms with van der Waals surface area (Å²) in [6.45, 7) is 6.04. The van der Waals surface area contributed by atoms with Crippen LogP contribution in [0.2, 0.25) is 0 Å². The Morgan fingerprint density at radius 2 is 1.82 bits per heavy atom. The lowest BCUT2D eigenvalue weighted by Gasteiger charge is -2.18. The Hall–Kier alpha value is -1.56. The maximum atomic E-state index is 12.3. The van der Waals surface area contributed by atoms with E-state index in [1.54, 1.807) is 0 Å². The van der Waals surface area contributed by atoms with Gasteiger partial charge >= 0.3 is 0 Å². The van der Waals surface area contributed by atoms with Crippen molar-refractivity contribution >= 4 is 34.2 Å². The summed E-state index contributed by atoms with van der Waals surface area (Å²) in [7, 11) is 0. The highest BCUT2D eigenvalue weighted by molar-refractivity contribution is 14.1. The van der Waals surface area contributed by atoms with Gasteiger partial charge < -0.3 is 10.1 Å². The van der Waals surface area contributed by atoms with Crippen molar-refractivity contribution in [2.75, 3.05) is 5.32 Å². The highest BCUT2D eigenvalue weighted by atomic mass is 127. The van der Waals surface area contributed by atoms with E-state index >= 15 is 0 Å². The van der Waals surface area contributed by atoms with E-state index in [-0.39, 0.29) is 5.91 Å². The van der Waals surface area contributed by atoms with E-state index in [1.165, 1.54) is 5.56 Å². The van der Waals surface area contributed by atoms with Crippen molar-refractivity contribution in [2.45, 2.75) is 33.3 Å². The molecule has 2 aromatic carbocycles. The topological polar surface area (TPSA) is 38.3 Å². The first-order chi connectivity index (χ1) is 10.5. The normalized spacial score (nSPS) is 11.8. The number of aryl methyl sites for hydroxylation is 2. The van der Waals surface area contributed by atoms with Crippen molar-refractivity contribution in [1.82, 2.24) is 0 Å². The van der Waals surface area contributed by atoms with Gasteiger partial charge in [0.1, 0.15) is 5.75 Å². The fraction of sp³-hybridized carbons (Fsp3) is 0.278. The molecule has 1 atom stereocenters. The van der Waals surface area contributed by atoms with E-state index in [0.29, 0.717) is 6.42 Å². The molecule has 0 bridgehead atoms. The molecule has 0 spiro atoms. The van der Waals surface area contributed by atoms with Crippen LogP contribution in [0.4, 0.5) is 5.69 Å². The summed E-state index contributed by atoms with van der Waals surface area (Å²) in [6, 6.07) is 13.6. The number of hydrogen-bond acceptors (Lipinski definition) is 2. The van der Waals surface area contributed by atoms with Gasteiger partial charge in [0.15, 0.2) is 6.10 Å². The molecule has 3 nitrogen and oxygen atoms in total. The van der Waals surface area contributed by atoms with Crippen LogP contribution in [0, 0.1) is 17.4 Å². The summed E-state index contributed by atoms with van der Waals surface area (Å²) in [4.78, 5) is 12.3. The zero-order valence-electron chi connectivity index (χ0n) is 13.0. The second kappa shape index (κ2) is 7.63. The number of nitrogens with one attached hydrogen (secondary N) is 1. The molecule has 0 heterocycles. The zero-order valence-corrected chi connectivity index (χ0v) is 15.2. The third kappa shape index (κ3) is 4.47. The standard InChI is InChI=1S/C18H20INO2/c1-4-17(22-16-10-5-12(2)13(3)11-16)18(21)20-15-8-6-14(19)7-9-15/h5-11,17H,4H2,1-3H3,(H,20,21)/t17-/m1/s1. The molecule has 0 fully saturated rings. The highest BCUT2D eigenvalue weighted by Crippen LogP contribution is 2.19. The van der Waals surface area contributed by atoms with Crippen LogP contribution in [0.15, 0.2) is 42.5 Å². The van der Waals surface area contributed by atoms with Gasteiger partial charge in [-0.2, -0.15) is 0 Å². The van der Waals surface area contributed by atoms with Crippen LogP contribution in [0.5, 0.6) is 5.75 Å². The van der Waals surface area contributed by atoms with E-state index in [1.807, 2.05) is 56.3 Å². The molecule has 1 N–H and O–H groups in total. The molecule has 0 aliphatic carbocycles. The van der Waals surface area contributed by atoms with Crippen LogP contribution in [0.1, 0.15) is 24.5 Å². The lowest BCUT2D eigenvalue weighted by molar-refractivity contribution is -0.122. The predicted octanol–water partition coefficient (Wildman–Crippen LogP) is 4.70. The van der Waals surface area contributed by atoms with Gasteiger partial charge in [0.2, 0.25) is 0 Å². The Labute approximate surface area is 145 Å². The molecule has 116 valence electrons. The first kappa shape index (κ1) is 16.8. The Morgan fingerprint density at radius 3 is 2.41 bits per heavy atom. The lowest BCUT2D eigenvalue weighted by atomic mass is 10.1. The maximum Gasteiger partial charge on any atom is 0.265 e. The summed E-state index contributed by atoms with van der Waals surface area (Å²) < 4.78 is 6.98. The quantitative estimate of drug-likeness (QED) is 0.727. The fourth-order valence-electron chi connectivity index (χ4n) is 2.03. The molecule has 4 heteroatoms. The molecule has 2 aromatic rings. The van der Waals surface area contributed by atoms with Crippen molar-refractivity contribution in [3.63, 3.8) is 0 Å². The molecule has 0 aliphatic heterocycles. The Kier molecular flexibility index (Phi) is 5.83. The van der Waals surface area contributed by atoms with Gasteiger partial charge in [-0.25, -0.2) is 0 Å². The van der Waals surface area contributed by atoms with Crippen LogP contribution < -0.4 is 10.1 Å². The molecule has 0 saturated carbocycles. The summed E-state index contributed by atoms with van der Waals surface area (Å²) in [5, 5.41) is 2.90. The number of carbonyl (C=O) groups is 1. The van der Waals surface area contributed by atoms with E-state index in [4.69, 9.17) is 4.74 Å². The Morgan fingerprint density at radius 1 is 1.14 bits per heavy atom. The number of ether oxygens (including phenoxy) is 1. The first-order valence-corrected chi connectivity index (χ1v) is 8.38. The van der Waals surface area contributed by atoms with Crippen molar-refractivity contribution in [3.05, 3.63) is 57.2 Å². The molecule has 1 amide bonds. The van der Waals surface area contributed by atoms with Crippen molar-refractivity contribution in [3.8, 4) is 5.75 Å². The van der Waals surface area contributed by atoms with Gasteiger partial charge in [-0.05, 0) is 90.4 Å². The Bertz CT molecular complexity index is 653. The first-order valence-electron chi connectivity index (χ1n) is 7.30. The zero-order chi connectivity index (χ0) is 16.1. The minimum atomic E-state index is -0.499. The predicted molar refractivity (Wildman–Crippen MR) is 98.4 cm³/mol. The van der Waals surface area contributed by atoms with Crippen LogP contribution >= 0.6 is 22.6 Å². The second-order valence-electron chi connectivity index (χ2n) is 5.26. The van der Waals surface area contributed by atoms with Gasteiger partial charge in [-0.1, -0.05) is 13.0 Å². The number of halogens is 1. The van der Waals surface area contributed by atoms with E-state index < -0.39 is 6.10 Å². The van der Waals surface area contributed by atoms with Gasteiger partial charge in [0.25, 0.3) is 5.91 Å². The van der Waals surface area contributed by atoms with Gasteiger partial charge in [0.05, 0.1) is 0 Å². The summed E-state index contributed by atoms with van der Waals surface area (Å²) >= 11 is 2.23. The van der Waals surface area contributed by atoms with Gasteiger partial charge in [0, 0.05) is 9.26 Å². The summed E-state index contributed by atoms with van der Waals surface area (Å²) in [5.41, 5.74) is 3.15. The van der Waals surface area contributed by atoms with Crippen molar-refractivity contribution in [2.24, 2.45) is 0 Å². The van der Waals surface area contributed by atoms with Crippen LogP contribution in [0.3, 0.4) is 0 Å². The number of amides is 1. The molecule has 0 aliphatic rings. The Balaban J connectivity index is 2.05. The fourth-order valence-corrected chi connectivity index (χ4v) is 2.39. The molecule has 0 aromatic heterocycles. The van der Waals surface area contributed by atoms with E-state index in [2.05, 4.69) is 34.8 Å². The van der Waals surface area contributed by atoms with E-state index in [9.17, 15) is 4.79 Å². The lowest BCUT2D eigenvalue weighted by Crippen LogP contribution is -2.32. The third-order valence-electron chi connectivity index (χ3n) is 3.53. The molecule has 0 radical (unpaired) electrons. The minimum absolute atomic E-state index is 0.123. The van der Waals surface area contributed by atoms with Crippen LogP contribution in [0.25, 0.3) is 0 Å². The summed E-state index contributed by atoms with van der Waals surface area (Å²) in [5.74, 6) is 0.606. The largest absolute Gasteiger partial charge is 0.481 e. The molecule has 2 rings (SSSR count). The number of benzene rings is 2. The molecular formula is C18H20INO2. The number of carbonyl (C=O) groups excluding carboxylic acids is 1. The molecule has 0 unspecified atom stereocenters. The number of rotatable bonds is 5. The SMILES string of the molecule is CC[C@@H](Oc1ccc(C)c(C)c1)C(=O)Nc1ccc(I)cc1. The third-order valence-corrected chi connectivity index (χ3v) is 4.25. The van der Waals surface area contributed by atoms with Crippen LogP contribution in [-0.2, 0) is 4.79 Å². The maximum absolute atomic E-state index is 12.3. The van der Waals surface area contributed by atoms with Crippen molar-refractivity contribution in [1.29, 1.82) is 0 Å². The van der Waals surface area contributed by atoms with Crippen molar-refractivity contribution < 1.29 is 9.53 Å². The van der Waals surface area contributed by atoms with E-state index in [0.717, 1.165) is 20.6 Å². The van der Waals surface area contributed by atoms with Gasteiger partial charge in [-0.3, -0.25) is 4.79 Å². The average molecular weight is 409 g/mol. The number of hydrogen-bond donors (Lipinski definition) is 1. The molecule has 22 heavy (non-hydrogen) atoms. The molecule has 0 saturated heterocycles. The highest BCUT2D eigenvalue weighted by Gasteiger charge is 2.18. The minimum Gasteiger partial charge on any atom is -0.481 e. The van der Waals surface area contributed by atoms with Crippen LogP contribution in [-0.4, -0.2) is 12.0 Å². The monoisotopic (exact) mass is 409 g/mol. The molecular weight excluding hydrogens is 389 g/mol. The second-order valence-corrected chi connectivity index (χ2v) is 6.50. The van der Waals surface area contributed by atoms with Gasteiger partial charge in [-0.15, -0.1) is 0 Å². The summed E-state index contributed by atoms with van der Waals surface area (Å²) in [6.07, 6.45) is 0.115.